The van der Waals surface area contributed by atoms with E-state index in [4.69, 9.17) is 5.73 Å². The minimum atomic E-state index is -0.932. The third-order valence-electron chi connectivity index (χ3n) is 2.55. The third kappa shape index (κ3) is 4.33. The van der Waals surface area contributed by atoms with E-state index >= 15 is 0 Å². The Labute approximate surface area is 122 Å². The maximum atomic E-state index is 10.2. The van der Waals surface area contributed by atoms with Gasteiger partial charge in [-0.2, -0.15) is 24.7 Å². The molecule has 0 aliphatic heterocycles. The molecule has 0 spiro atoms. The Bertz CT molecular complexity index is 581. The summed E-state index contributed by atoms with van der Waals surface area (Å²) in [6, 6.07) is 0. The third-order valence-corrected chi connectivity index (χ3v) is 2.55. The van der Waals surface area contributed by atoms with Crippen LogP contribution in [0.25, 0.3) is 5.95 Å². The second kappa shape index (κ2) is 5.97. The summed E-state index contributed by atoms with van der Waals surface area (Å²) in [7, 11) is 3.77. The van der Waals surface area contributed by atoms with E-state index in [2.05, 4.69) is 30.4 Å². The lowest BCUT2D eigenvalue weighted by Crippen LogP contribution is -2.43. The molecule has 0 bridgehead atoms. The summed E-state index contributed by atoms with van der Waals surface area (Å²) in [5.74, 6) is 0.590. The second-order valence-corrected chi connectivity index (χ2v) is 5.25. The maximum absolute atomic E-state index is 10.2. The highest BCUT2D eigenvalue weighted by molar-refractivity contribution is 5.34. The Morgan fingerprint density at radius 1 is 1.38 bits per heavy atom. The van der Waals surface area contributed by atoms with Crippen molar-refractivity contribution in [2.45, 2.75) is 12.5 Å². The highest BCUT2D eigenvalue weighted by Gasteiger charge is 2.21. The first kappa shape index (κ1) is 15.1. The predicted molar refractivity (Wildman–Crippen MR) is 76.8 cm³/mol. The van der Waals surface area contributed by atoms with Gasteiger partial charge in [-0.25, -0.2) is 4.98 Å². The first-order valence-electron chi connectivity index (χ1n) is 6.33. The lowest BCUT2D eigenvalue weighted by Gasteiger charge is -2.27. The van der Waals surface area contributed by atoms with Gasteiger partial charge in [0.2, 0.25) is 11.9 Å². The number of aliphatic hydroxyl groups is 1. The van der Waals surface area contributed by atoms with Crippen LogP contribution in [0.2, 0.25) is 0 Å². The maximum Gasteiger partial charge on any atom is 0.258 e. The molecule has 1 unspecified atom stereocenters. The van der Waals surface area contributed by atoms with Crippen LogP contribution in [0.1, 0.15) is 6.92 Å². The molecule has 2 heterocycles. The Morgan fingerprint density at radius 3 is 2.76 bits per heavy atom. The van der Waals surface area contributed by atoms with Crippen LogP contribution >= 0.6 is 0 Å². The van der Waals surface area contributed by atoms with Crippen molar-refractivity contribution >= 4 is 11.9 Å². The number of nitrogens with two attached hydrogens (primary N) is 1. The molecule has 0 fully saturated rings. The van der Waals surface area contributed by atoms with Gasteiger partial charge in [0.1, 0.15) is 12.7 Å². The van der Waals surface area contributed by atoms with Crippen LogP contribution in [0.4, 0.5) is 11.9 Å². The zero-order chi connectivity index (χ0) is 15.5. The van der Waals surface area contributed by atoms with Crippen LogP contribution in [0.3, 0.4) is 0 Å². The van der Waals surface area contributed by atoms with Gasteiger partial charge in [0, 0.05) is 13.1 Å². The van der Waals surface area contributed by atoms with Crippen molar-refractivity contribution in [3.63, 3.8) is 0 Å². The van der Waals surface area contributed by atoms with E-state index in [0.717, 1.165) is 0 Å². The largest absolute Gasteiger partial charge is 0.387 e. The number of rotatable bonds is 6. The number of nitrogens with zero attached hydrogens (tertiary/aromatic N) is 7. The highest BCUT2D eigenvalue weighted by Crippen LogP contribution is 2.09. The van der Waals surface area contributed by atoms with E-state index in [1.165, 1.54) is 17.3 Å². The van der Waals surface area contributed by atoms with Crippen LogP contribution in [0.15, 0.2) is 12.7 Å². The quantitative estimate of drug-likeness (QED) is 0.598. The van der Waals surface area contributed by atoms with Crippen LogP contribution < -0.4 is 11.1 Å². The fourth-order valence-electron chi connectivity index (χ4n) is 1.88. The molecule has 2 aromatic rings. The summed E-state index contributed by atoms with van der Waals surface area (Å²) in [6.45, 7) is 2.49. The van der Waals surface area contributed by atoms with E-state index in [9.17, 15) is 5.11 Å². The van der Waals surface area contributed by atoms with Crippen molar-refractivity contribution in [3.05, 3.63) is 12.7 Å². The second-order valence-electron chi connectivity index (χ2n) is 5.25. The standard InChI is InChI=1S/C11H19N9O/c1-11(21,5-19(2)3)4-14-9-16-8(12)17-10(18-9)20-7-13-6-15-20/h6-7,21H,4-5H2,1-3H3,(H3,12,14,16,17,18). The van der Waals surface area contributed by atoms with Crippen molar-refractivity contribution in [2.75, 3.05) is 38.2 Å². The summed E-state index contributed by atoms with van der Waals surface area (Å²) >= 11 is 0. The fraction of sp³-hybridized carbons (Fsp3) is 0.545. The van der Waals surface area contributed by atoms with Crippen molar-refractivity contribution < 1.29 is 5.11 Å². The molecule has 0 saturated heterocycles. The lowest BCUT2D eigenvalue weighted by molar-refractivity contribution is 0.0458. The van der Waals surface area contributed by atoms with Crippen LogP contribution in [0.5, 0.6) is 0 Å². The molecule has 0 aromatic carbocycles. The monoisotopic (exact) mass is 293 g/mol. The number of nitrogens with one attached hydrogen (secondary N) is 1. The van der Waals surface area contributed by atoms with E-state index in [1.54, 1.807) is 6.92 Å². The molecule has 1 atom stereocenters. The number of hydrogen-bond acceptors (Lipinski definition) is 9. The molecule has 21 heavy (non-hydrogen) atoms. The summed E-state index contributed by atoms with van der Waals surface area (Å²) in [4.78, 5) is 17.9. The highest BCUT2D eigenvalue weighted by atomic mass is 16.3. The van der Waals surface area contributed by atoms with Gasteiger partial charge < -0.3 is 21.1 Å². The molecule has 0 saturated carbocycles. The van der Waals surface area contributed by atoms with Gasteiger partial charge in [0.05, 0.1) is 5.60 Å². The molecule has 4 N–H and O–H groups in total. The summed E-state index contributed by atoms with van der Waals surface area (Å²) in [5.41, 5.74) is 4.72. The number of anilines is 2. The molecule has 10 heteroatoms. The summed E-state index contributed by atoms with van der Waals surface area (Å²) < 4.78 is 1.38. The van der Waals surface area contributed by atoms with Gasteiger partial charge in [-0.15, -0.1) is 0 Å². The van der Waals surface area contributed by atoms with E-state index in [1.807, 2.05) is 19.0 Å². The SMILES string of the molecule is CN(C)CC(C)(O)CNc1nc(N)nc(-n2cncn2)n1. The Morgan fingerprint density at radius 2 is 2.14 bits per heavy atom. The number of nitrogen functional groups attached to an aromatic ring is 1. The van der Waals surface area contributed by atoms with Crippen molar-refractivity contribution in [2.24, 2.45) is 0 Å². The number of aromatic nitrogens is 6. The zero-order valence-corrected chi connectivity index (χ0v) is 12.2. The van der Waals surface area contributed by atoms with Gasteiger partial charge in [0.25, 0.3) is 5.95 Å². The molecule has 0 aliphatic rings. The van der Waals surface area contributed by atoms with Gasteiger partial charge in [-0.05, 0) is 21.0 Å². The molecule has 0 radical (unpaired) electrons. The molecule has 2 aromatic heterocycles. The summed E-state index contributed by atoms with van der Waals surface area (Å²) in [6.07, 6.45) is 2.83. The molecule has 10 nitrogen and oxygen atoms in total. The van der Waals surface area contributed by atoms with Crippen LogP contribution in [-0.4, -0.2) is 72.5 Å². The van der Waals surface area contributed by atoms with Crippen LogP contribution in [-0.2, 0) is 0 Å². The molecule has 2 rings (SSSR count). The first-order valence-corrected chi connectivity index (χ1v) is 6.33. The molecule has 0 aliphatic carbocycles. The average Bonchev–Trinajstić information content (AvgIpc) is 2.88. The fourth-order valence-corrected chi connectivity index (χ4v) is 1.88. The van der Waals surface area contributed by atoms with E-state index < -0.39 is 5.60 Å². The summed E-state index contributed by atoms with van der Waals surface area (Å²) in [5, 5.41) is 17.1. The topological polar surface area (TPSA) is 131 Å². The van der Waals surface area contributed by atoms with Crippen LogP contribution in [0, 0.1) is 0 Å². The number of likely N-dealkylation sites (N-methyl/N-ethyl adjacent to an activating group) is 1. The molecule has 114 valence electrons. The van der Waals surface area contributed by atoms with Gasteiger partial charge >= 0.3 is 0 Å². The number of hydrogen-bond donors (Lipinski definition) is 3. The van der Waals surface area contributed by atoms with Crippen molar-refractivity contribution in [3.8, 4) is 5.95 Å². The molecular weight excluding hydrogens is 274 g/mol. The Hall–Kier alpha value is -2.33. The van der Waals surface area contributed by atoms with Crippen molar-refractivity contribution in [1.82, 2.24) is 34.6 Å². The minimum Gasteiger partial charge on any atom is -0.387 e. The Balaban J connectivity index is 2.10. The van der Waals surface area contributed by atoms with E-state index in [-0.39, 0.29) is 24.4 Å². The van der Waals surface area contributed by atoms with E-state index in [0.29, 0.717) is 6.54 Å². The van der Waals surface area contributed by atoms with Crippen molar-refractivity contribution in [1.29, 1.82) is 0 Å². The van der Waals surface area contributed by atoms with Gasteiger partial charge in [0.15, 0.2) is 0 Å². The lowest BCUT2D eigenvalue weighted by atomic mass is 10.1. The van der Waals surface area contributed by atoms with Gasteiger partial charge in [-0.3, -0.25) is 0 Å². The Kier molecular flexibility index (Phi) is 4.29. The zero-order valence-electron chi connectivity index (χ0n) is 12.2. The smallest absolute Gasteiger partial charge is 0.258 e. The molecular formula is C11H19N9O. The average molecular weight is 293 g/mol. The molecule has 0 amide bonds. The predicted octanol–water partition coefficient (Wildman–Crippen LogP) is -1.24. The first-order chi connectivity index (χ1) is 9.85. The van der Waals surface area contributed by atoms with Gasteiger partial charge in [-0.1, -0.05) is 0 Å². The normalized spacial score (nSPS) is 14.1. The minimum absolute atomic E-state index is 0.0604.